The number of benzene rings is 3. The molecule has 1 aromatic heterocycles. The van der Waals surface area contributed by atoms with Gasteiger partial charge >= 0.3 is 0 Å². The third-order valence-electron chi connectivity index (χ3n) is 5.25. The van der Waals surface area contributed by atoms with Gasteiger partial charge in [0.1, 0.15) is 5.75 Å². The van der Waals surface area contributed by atoms with Gasteiger partial charge in [-0.2, -0.15) is 10.4 Å². The third-order valence-corrected chi connectivity index (χ3v) is 5.25. The van der Waals surface area contributed by atoms with Crippen molar-refractivity contribution in [1.82, 2.24) is 9.78 Å². The molecule has 6 nitrogen and oxygen atoms in total. The second kappa shape index (κ2) is 10.7. The molecule has 35 heavy (non-hydrogen) atoms. The van der Waals surface area contributed by atoms with Crippen LogP contribution < -0.4 is 14.4 Å². The van der Waals surface area contributed by atoms with Crippen LogP contribution in [0.3, 0.4) is 0 Å². The zero-order valence-electron chi connectivity index (χ0n) is 20.0. The summed E-state index contributed by atoms with van der Waals surface area (Å²) in [4.78, 5) is 1.81. The summed E-state index contributed by atoms with van der Waals surface area (Å²) in [5, 5.41) is 13.9. The van der Waals surface area contributed by atoms with E-state index in [1.54, 1.807) is 41.1 Å². The molecule has 0 radical (unpaired) electrons. The van der Waals surface area contributed by atoms with E-state index in [2.05, 4.69) is 6.07 Å². The molecular weight excluding hydrogens is 443 g/mol. The summed E-state index contributed by atoms with van der Waals surface area (Å²) < 4.78 is 29.1. The van der Waals surface area contributed by atoms with Crippen molar-refractivity contribution in [2.75, 3.05) is 11.5 Å². The van der Waals surface area contributed by atoms with E-state index in [-0.39, 0.29) is 11.9 Å². The zero-order valence-corrected chi connectivity index (χ0v) is 20.0. The number of halogens is 1. The summed E-state index contributed by atoms with van der Waals surface area (Å²) in [7, 11) is 0. The minimum absolute atomic E-state index is 0.120. The highest BCUT2D eigenvalue weighted by molar-refractivity contribution is 5.68. The highest BCUT2D eigenvalue weighted by Crippen LogP contribution is 2.38. The van der Waals surface area contributed by atoms with Crippen LogP contribution in [-0.4, -0.2) is 22.5 Å². The number of nitrogens with zero attached hydrogens (tertiary/aromatic N) is 4. The van der Waals surface area contributed by atoms with Crippen LogP contribution in [0.15, 0.2) is 79.0 Å². The maximum absolute atomic E-state index is 15.8. The lowest BCUT2D eigenvalue weighted by molar-refractivity contribution is 0.229. The number of hydrogen-bond donors (Lipinski definition) is 0. The van der Waals surface area contributed by atoms with Crippen molar-refractivity contribution in [3.8, 4) is 23.3 Å². The van der Waals surface area contributed by atoms with E-state index in [0.29, 0.717) is 35.8 Å². The number of ether oxygens (including phenoxy) is 2. The van der Waals surface area contributed by atoms with Gasteiger partial charge in [-0.05, 0) is 63.2 Å². The van der Waals surface area contributed by atoms with Gasteiger partial charge in [0.05, 0.1) is 48.0 Å². The van der Waals surface area contributed by atoms with Gasteiger partial charge in [0.15, 0.2) is 11.6 Å². The predicted molar refractivity (Wildman–Crippen MR) is 134 cm³/mol. The summed E-state index contributed by atoms with van der Waals surface area (Å²) >= 11 is 0. The Hall–Kier alpha value is -4.31. The molecule has 0 fully saturated rings. The molecule has 3 aromatic carbocycles. The van der Waals surface area contributed by atoms with Crippen LogP contribution in [0.5, 0.6) is 11.5 Å². The Morgan fingerprint density at radius 3 is 2.46 bits per heavy atom. The first-order chi connectivity index (χ1) is 17.0. The lowest BCUT2D eigenvalue weighted by Crippen LogP contribution is -2.19. The standard InChI is InChI=1S/C28H27FN4O2/c1-4-34-25-16-26(28(29)27(17-25)35-20(2)3)32(23-12-10-21(18-30)11-13-23)19-22-14-15-33(31-22)24-8-6-5-7-9-24/h5-17,20H,4,19H2,1-3H3. The Morgan fingerprint density at radius 2 is 1.80 bits per heavy atom. The largest absolute Gasteiger partial charge is 0.494 e. The molecule has 4 aromatic rings. The third kappa shape index (κ3) is 5.61. The quantitative estimate of drug-likeness (QED) is 0.283. The molecule has 0 aliphatic carbocycles. The van der Waals surface area contributed by atoms with Crippen LogP contribution in [-0.2, 0) is 6.54 Å². The number of para-hydroxylation sites is 1. The highest BCUT2D eigenvalue weighted by atomic mass is 19.1. The zero-order chi connectivity index (χ0) is 24.8. The van der Waals surface area contributed by atoms with Crippen molar-refractivity contribution in [3.63, 3.8) is 0 Å². The van der Waals surface area contributed by atoms with E-state index in [0.717, 1.165) is 11.4 Å². The van der Waals surface area contributed by atoms with Crippen molar-refractivity contribution in [2.45, 2.75) is 33.4 Å². The molecule has 0 unspecified atom stereocenters. The van der Waals surface area contributed by atoms with Crippen LogP contribution in [0, 0.1) is 17.1 Å². The molecule has 0 bridgehead atoms. The first-order valence-electron chi connectivity index (χ1n) is 11.5. The molecule has 178 valence electrons. The molecule has 0 atom stereocenters. The van der Waals surface area contributed by atoms with Gasteiger partial charge < -0.3 is 14.4 Å². The van der Waals surface area contributed by atoms with Crippen LogP contribution in [0.25, 0.3) is 5.69 Å². The van der Waals surface area contributed by atoms with Crippen LogP contribution in [0.2, 0.25) is 0 Å². The van der Waals surface area contributed by atoms with Gasteiger partial charge in [0.25, 0.3) is 0 Å². The Labute approximate surface area is 204 Å². The molecule has 0 amide bonds. The monoisotopic (exact) mass is 470 g/mol. The predicted octanol–water partition coefficient (Wildman–Crippen LogP) is 6.41. The Balaban J connectivity index is 1.79. The van der Waals surface area contributed by atoms with Crippen LogP contribution in [0.1, 0.15) is 32.0 Å². The first-order valence-corrected chi connectivity index (χ1v) is 11.5. The van der Waals surface area contributed by atoms with Gasteiger partial charge in [-0.25, -0.2) is 9.07 Å². The van der Waals surface area contributed by atoms with Gasteiger partial charge in [-0.15, -0.1) is 0 Å². The summed E-state index contributed by atoms with van der Waals surface area (Å²) in [6, 6.07) is 24.1. The normalized spacial score (nSPS) is 10.7. The summed E-state index contributed by atoms with van der Waals surface area (Å²) in [5.41, 5.74) is 3.20. The molecule has 7 heteroatoms. The summed E-state index contributed by atoms with van der Waals surface area (Å²) in [5.74, 6) is 0.136. The van der Waals surface area contributed by atoms with Crippen molar-refractivity contribution >= 4 is 11.4 Å². The molecule has 4 rings (SSSR count). The maximum Gasteiger partial charge on any atom is 0.188 e. The van der Waals surface area contributed by atoms with E-state index >= 15 is 4.39 Å². The van der Waals surface area contributed by atoms with Gasteiger partial charge in [0, 0.05) is 24.0 Å². The Kier molecular flexibility index (Phi) is 7.32. The fourth-order valence-corrected chi connectivity index (χ4v) is 3.71. The molecule has 0 N–H and O–H groups in total. The number of rotatable bonds is 9. The van der Waals surface area contributed by atoms with Crippen LogP contribution in [0.4, 0.5) is 15.8 Å². The molecule has 0 saturated heterocycles. The van der Waals surface area contributed by atoms with Gasteiger partial charge in [0.2, 0.25) is 0 Å². The van der Waals surface area contributed by atoms with Gasteiger partial charge in [-0.1, -0.05) is 18.2 Å². The van der Waals surface area contributed by atoms with Crippen LogP contribution >= 0.6 is 0 Å². The molecular formula is C28H27FN4O2. The van der Waals surface area contributed by atoms with Gasteiger partial charge in [-0.3, -0.25) is 0 Å². The number of aromatic nitrogens is 2. The molecule has 0 aliphatic rings. The first kappa shape index (κ1) is 23.8. The number of anilines is 2. The van der Waals surface area contributed by atoms with Crippen molar-refractivity contribution in [3.05, 3.63) is 96.1 Å². The minimum Gasteiger partial charge on any atom is -0.494 e. The average Bonchev–Trinajstić information content (AvgIpc) is 3.34. The van der Waals surface area contributed by atoms with E-state index in [1.807, 2.05) is 68.3 Å². The fraction of sp³-hybridized carbons (Fsp3) is 0.214. The average molecular weight is 471 g/mol. The van der Waals surface area contributed by atoms with E-state index < -0.39 is 5.82 Å². The van der Waals surface area contributed by atoms with Crippen molar-refractivity contribution in [2.24, 2.45) is 0 Å². The second-order valence-electron chi connectivity index (χ2n) is 8.19. The molecule has 1 heterocycles. The van der Waals surface area contributed by atoms with E-state index in [4.69, 9.17) is 14.6 Å². The topological polar surface area (TPSA) is 63.3 Å². The Bertz CT molecular complexity index is 1310. The number of nitriles is 1. The molecule has 0 spiro atoms. The van der Waals surface area contributed by atoms with Crippen molar-refractivity contribution < 1.29 is 13.9 Å². The Morgan fingerprint density at radius 1 is 1.06 bits per heavy atom. The summed E-state index contributed by atoms with van der Waals surface area (Å²) in [6.45, 7) is 6.30. The molecule has 0 aliphatic heterocycles. The smallest absolute Gasteiger partial charge is 0.188 e. The second-order valence-corrected chi connectivity index (χ2v) is 8.19. The van der Waals surface area contributed by atoms with E-state index in [9.17, 15) is 5.26 Å². The lowest BCUT2D eigenvalue weighted by Gasteiger charge is -2.26. The van der Waals surface area contributed by atoms with E-state index in [1.165, 1.54) is 0 Å². The SMILES string of the molecule is CCOc1cc(OC(C)C)c(F)c(N(Cc2ccn(-c3ccccc3)n2)c2ccc(C#N)cc2)c1. The summed E-state index contributed by atoms with van der Waals surface area (Å²) in [6.07, 6.45) is 1.67. The fourth-order valence-electron chi connectivity index (χ4n) is 3.71. The highest BCUT2D eigenvalue weighted by Gasteiger charge is 2.22. The lowest BCUT2D eigenvalue weighted by atomic mass is 10.1. The van der Waals surface area contributed by atoms with Crippen molar-refractivity contribution in [1.29, 1.82) is 5.26 Å². The minimum atomic E-state index is -0.492. The maximum atomic E-state index is 15.8. The number of hydrogen-bond acceptors (Lipinski definition) is 5. The molecule has 0 saturated carbocycles.